The normalized spacial score (nSPS) is 15.4. The number of hydrogen-bond acceptors (Lipinski definition) is 4. The summed E-state index contributed by atoms with van der Waals surface area (Å²) >= 11 is 0. The number of amides is 1. The molecule has 2 aromatic carbocycles. The lowest BCUT2D eigenvalue weighted by Gasteiger charge is -2.37. The van der Waals surface area contributed by atoms with Gasteiger partial charge < -0.3 is 10.1 Å². The lowest BCUT2D eigenvalue weighted by Crippen LogP contribution is -2.60. The molecule has 1 aliphatic rings. The van der Waals surface area contributed by atoms with Gasteiger partial charge in [-0.2, -0.15) is 4.31 Å². The molecule has 3 rings (SSSR count). The fourth-order valence-electron chi connectivity index (χ4n) is 2.41. The van der Waals surface area contributed by atoms with E-state index in [9.17, 15) is 17.6 Å². The third kappa shape index (κ3) is 4.15. The molecule has 0 atom stereocenters. The van der Waals surface area contributed by atoms with Gasteiger partial charge in [0.25, 0.3) is 0 Å². The molecule has 0 aliphatic carbocycles. The second-order valence-corrected chi connectivity index (χ2v) is 7.62. The summed E-state index contributed by atoms with van der Waals surface area (Å²) in [5, 5.41) is 2.62. The Hall–Kier alpha value is -2.45. The molecule has 0 unspecified atom stereocenters. The number of nitrogens with zero attached hydrogens (tertiary/aromatic N) is 1. The van der Waals surface area contributed by atoms with E-state index >= 15 is 0 Å². The maximum atomic E-state index is 12.9. The summed E-state index contributed by atoms with van der Waals surface area (Å²) in [6, 6.07) is 13.6. The number of carbonyl (C=O) groups excluding carboxylic acids is 1. The number of ether oxygens (including phenoxy) is 1. The zero-order chi connectivity index (χ0) is 17.9. The Morgan fingerprint density at radius 1 is 1.12 bits per heavy atom. The van der Waals surface area contributed by atoms with Gasteiger partial charge in [0.2, 0.25) is 10.0 Å². The van der Waals surface area contributed by atoms with E-state index in [1.807, 2.05) is 30.3 Å². The topological polar surface area (TPSA) is 75.7 Å². The van der Waals surface area contributed by atoms with Crippen molar-refractivity contribution in [1.82, 2.24) is 9.62 Å². The maximum Gasteiger partial charge on any atom is 0.407 e. The predicted octanol–water partition coefficient (Wildman–Crippen LogP) is 2.12. The number of hydrogen-bond donors (Lipinski definition) is 1. The Morgan fingerprint density at radius 2 is 1.76 bits per heavy atom. The van der Waals surface area contributed by atoms with Gasteiger partial charge in [-0.25, -0.2) is 17.6 Å². The van der Waals surface area contributed by atoms with Crippen LogP contribution in [0.25, 0.3) is 0 Å². The van der Waals surface area contributed by atoms with Crippen molar-refractivity contribution in [2.75, 3.05) is 13.1 Å². The highest BCUT2D eigenvalue weighted by atomic mass is 32.2. The van der Waals surface area contributed by atoms with Gasteiger partial charge in [0, 0.05) is 13.1 Å². The molecule has 1 amide bonds. The first-order chi connectivity index (χ1) is 11.9. The summed E-state index contributed by atoms with van der Waals surface area (Å²) in [5.41, 5.74) is 0.867. The van der Waals surface area contributed by atoms with Crippen LogP contribution in [0.3, 0.4) is 0 Å². The second-order valence-electron chi connectivity index (χ2n) is 5.68. The van der Waals surface area contributed by atoms with E-state index in [1.54, 1.807) is 0 Å². The van der Waals surface area contributed by atoms with E-state index < -0.39 is 21.9 Å². The Balaban J connectivity index is 1.47. The Morgan fingerprint density at radius 3 is 2.40 bits per heavy atom. The average molecular weight is 364 g/mol. The third-order valence-corrected chi connectivity index (χ3v) is 5.68. The van der Waals surface area contributed by atoms with Crippen molar-refractivity contribution in [1.29, 1.82) is 0 Å². The van der Waals surface area contributed by atoms with E-state index in [2.05, 4.69) is 5.32 Å². The first kappa shape index (κ1) is 17.4. The zero-order valence-corrected chi connectivity index (χ0v) is 14.1. The van der Waals surface area contributed by atoms with Gasteiger partial charge in [0.05, 0.1) is 10.9 Å². The molecule has 0 saturated carbocycles. The van der Waals surface area contributed by atoms with E-state index in [-0.39, 0.29) is 30.6 Å². The van der Waals surface area contributed by atoms with Gasteiger partial charge in [-0.3, -0.25) is 0 Å². The molecule has 0 bridgehead atoms. The van der Waals surface area contributed by atoms with Crippen LogP contribution in [-0.4, -0.2) is 37.9 Å². The minimum Gasteiger partial charge on any atom is -0.445 e. The molecule has 0 aromatic heterocycles. The van der Waals surface area contributed by atoms with Gasteiger partial charge in [-0.1, -0.05) is 30.3 Å². The summed E-state index contributed by atoms with van der Waals surface area (Å²) in [5.74, 6) is -0.497. The number of carbonyl (C=O) groups is 1. The number of halogens is 1. The first-order valence-electron chi connectivity index (χ1n) is 7.68. The minimum absolute atomic E-state index is 0.0269. The Bertz CT molecular complexity index is 835. The molecule has 1 N–H and O–H groups in total. The second kappa shape index (κ2) is 7.20. The SMILES string of the molecule is O=C(NC1CN(S(=O)(=O)c2ccc(F)cc2)C1)OCc1ccccc1. The fraction of sp³-hybridized carbons (Fsp3) is 0.235. The monoisotopic (exact) mass is 364 g/mol. The molecule has 6 nitrogen and oxygen atoms in total. The standard InChI is InChI=1S/C17H17FN2O4S/c18-14-6-8-16(9-7-14)25(22,23)20-10-15(11-20)19-17(21)24-12-13-4-2-1-3-5-13/h1-9,15H,10-12H2,(H,19,21). The van der Waals surface area contributed by atoms with Crippen molar-refractivity contribution in [3.05, 3.63) is 66.0 Å². The smallest absolute Gasteiger partial charge is 0.407 e. The van der Waals surface area contributed by atoms with Gasteiger partial charge in [-0.15, -0.1) is 0 Å². The quantitative estimate of drug-likeness (QED) is 0.882. The molecule has 1 fully saturated rings. The van der Waals surface area contributed by atoms with Crippen LogP contribution >= 0.6 is 0 Å². The number of nitrogens with one attached hydrogen (secondary N) is 1. The summed E-state index contributed by atoms with van der Waals surface area (Å²) < 4.78 is 43.9. The summed E-state index contributed by atoms with van der Waals surface area (Å²) in [7, 11) is -3.67. The van der Waals surface area contributed by atoms with E-state index in [1.165, 1.54) is 16.4 Å². The van der Waals surface area contributed by atoms with Crippen molar-refractivity contribution in [3.8, 4) is 0 Å². The van der Waals surface area contributed by atoms with Crippen molar-refractivity contribution in [3.63, 3.8) is 0 Å². The highest BCUT2D eigenvalue weighted by Gasteiger charge is 2.37. The van der Waals surface area contributed by atoms with E-state index in [4.69, 9.17) is 4.74 Å². The summed E-state index contributed by atoms with van der Waals surface area (Å²) in [6.45, 7) is 0.456. The lowest BCUT2D eigenvalue weighted by molar-refractivity contribution is 0.123. The predicted molar refractivity (Wildman–Crippen MR) is 88.7 cm³/mol. The van der Waals surface area contributed by atoms with Gasteiger partial charge in [-0.05, 0) is 29.8 Å². The first-order valence-corrected chi connectivity index (χ1v) is 9.12. The van der Waals surface area contributed by atoms with E-state index in [0.717, 1.165) is 17.7 Å². The van der Waals surface area contributed by atoms with E-state index in [0.29, 0.717) is 0 Å². The zero-order valence-electron chi connectivity index (χ0n) is 13.3. The van der Waals surface area contributed by atoms with Crippen LogP contribution in [0.15, 0.2) is 59.5 Å². The van der Waals surface area contributed by atoms with Crippen molar-refractivity contribution in [2.45, 2.75) is 17.5 Å². The number of sulfonamides is 1. The molecule has 1 heterocycles. The minimum atomic E-state index is -3.67. The highest BCUT2D eigenvalue weighted by Crippen LogP contribution is 2.21. The van der Waals surface area contributed by atoms with Gasteiger partial charge in [0.1, 0.15) is 12.4 Å². The largest absolute Gasteiger partial charge is 0.445 e. The Labute approximate surface area is 145 Å². The van der Waals surface area contributed by atoms with Gasteiger partial charge in [0.15, 0.2) is 0 Å². The molecule has 2 aromatic rings. The molecule has 0 radical (unpaired) electrons. The van der Waals surface area contributed by atoms with Crippen molar-refractivity contribution < 1.29 is 22.3 Å². The van der Waals surface area contributed by atoms with Crippen LogP contribution < -0.4 is 5.32 Å². The van der Waals surface area contributed by atoms with Crippen molar-refractivity contribution in [2.24, 2.45) is 0 Å². The molecule has 0 spiro atoms. The lowest BCUT2D eigenvalue weighted by atomic mass is 10.2. The Kier molecular flexibility index (Phi) is 5.00. The van der Waals surface area contributed by atoms with Crippen LogP contribution in [0, 0.1) is 5.82 Å². The van der Waals surface area contributed by atoms with Crippen LogP contribution in [0.4, 0.5) is 9.18 Å². The van der Waals surface area contributed by atoms with Crippen LogP contribution in [0.5, 0.6) is 0 Å². The van der Waals surface area contributed by atoms with Crippen molar-refractivity contribution >= 4 is 16.1 Å². The molecule has 1 aliphatic heterocycles. The third-order valence-electron chi connectivity index (χ3n) is 3.83. The molecular weight excluding hydrogens is 347 g/mol. The van der Waals surface area contributed by atoms with Gasteiger partial charge >= 0.3 is 6.09 Å². The van der Waals surface area contributed by atoms with Crippen LogP contribution in [-0.2, 0) is 21.4 Å². The number of rotatable bonds is 5. The maximum absolute atomic E-state index is 12.9. The average Bonchev–Trinajstić information content (AvgIpc) is 2.57. The molecule has 1 saturated heterocycles. The highest BCUT2D eigenvalue weighted by molar-refractivity contribution is 7.89. The summed E-state index contributed by atoms with van der Waals surface area (Å²) in [6.07, 6.45) is -0.590. The fourth-order valence-corrected chi connectivity index (χ4v) is 3.94. The van der Waals surface area contributed by atoms with Crippen LogP contribution in [0.2, 0.25) is 0 Å². The summed E-state index contributed by atoms with van der Waals surface area (Å²) in [4.78, 5) is 11.8. The molecular formula is C17H17FN2O4S. The number of benzene rings is 2. The molecule has 132 valence electrons. The van der Waals surface area contributed by atoms with Crippen LogP contribution in [0.1, 0.15) is 5.56 Å². The number of alkyl carbamates (subject to hydrolysis) is 1. The molecule has 25 heavy (non-hydrogen) atoms. The molecule has 8 heteroatoms.